The first-order chi connectivity index (χ1) is 7.73. The summed E-state index contributed by atoms with van der Waals surface area (Å²) in [5.41, 5.74) is 1.11. The second-order valence-corrected chi connectivity index (χ2v) is 5.98. The van der Waals surface area contributed by atoms with E-state index in [1.165, 1.54) is 17.7 Å². The highest BCUT2D eigenvalue weighted by Crippen LogP contribution is 2.57. The van der Waals surface area contributed by atoms with Gasteiger partial charge in [0, 0.05) is 11.8 Å². The molecule has 1 aromatic carbocycles. The molecule has 16 heavy (non-hydrogen) atoms. The zero-order valence-corrected chi connectivity index (χ0v) is 10.2. The second-order valence-electron chi connectivity index (χ2n) is 4.58. The first-order valence-corrected chi connectivity index (χ1v) is 6.63. The Balaban J connectivity index is 2.10. The van der Waals surface area contributed by atoms with Crippen molar-refractivity contribution < 1.29 is 4.79 Å². The Labute approximate surface area is 100 Å². The summed E-state index contributed by atoms with van der Waals surface area (Å²) >= 11 is 1.89. The monoisotopic (exact) mass is 233 g/mol. The minimum absolute atomic E-state index is 0.0372. The molecule has 1 amide bonds. The molecule has 1 aliphatic carbocycles. The molecule has 1 spiro atoms. The highest BCUT2D eigenvalue weighted by molar-refractivity contribution is 8.01. The first-order valence-electron chi connectivity index (χ1n) is 5.82. The fourth-order valence-corrected chi connectivity index (χ4v) is 4.54. The second kappa shape index (κ2) is 3.52. The number of fused-ring (bicyclic) bond motifs is 1. The summed E-state index contributed by atoms with van der Waals surface area (Å²) in [6.07, 6.45) is 4.74. The number of benzene rings is 1. The van der Waals surface area contributed by atoms with E-state index >= 15 is 0 Å². The number of rotatable bonds is 0. The summed E-state index contributed by atoms with van der Waals surface area (Å²) in [7, 11) is 0. The van der Waals surface area contributed by atoms with Gasteiger partial charge in [-0.25, -0.2) is 0 Å². The predicted molar refractivity (Wildman–Crippen MR) is 66.7 cm³/mol. The van der Waals surface area contributed by atoms with Crippen LogP contribution in [0.1, 0.15) is 32.6 Å². The molecule has 0 saturated heterocycles. The average Bonchev–Trinajstić information content (AvgIpc) is 2.82. The molecule has 0 atom stereocenters. The van der Waals surface area contributed by atoms with Gasteiger partial charge in [0.25, 0.3) is 0 Å². The van der Waals surface area contributed by atoms with Gasteiger partial charge in [0.05, 0.1) is 10.6 Å². The molecular weight excluding hydrogens is 218 g/mol. The van der Waals surface area contributed by atoms with E-state index in [0.717, 1.165) is 18.5 Å². The van der Waals surface area contributed by atoms with E-state index < -0.39 is 0 Å². The molecule has 0 unspecified atom stereocenters. The maximum Gasteiger partial charge on any atom is 0.225 e. The van der Waals surface area contributed by atoms with Gasteiger partial charge in [-0.05, 0) is 25.0 Å². The van der Waals surface area contributed by atoms with Gasteiger partial charge < -0.3 is 0 Å². The van der Waals surface area contributed by atoms with Gasteiger partial charge in [-0.15, -0.1) is 0 Å². The normalized spacial score (nSPS) is 21.4. The van der Waals surface area contributed by atoms with Crippen LogP contribution in [-0.4, -0.2) is 10.8 Å². The first kappa shape index (κ1) is 10.2. The minimum atomic E-state index is 0.0372. The number of nitrogens with zero attached hydrogens (tertiary/aromatic N) is 1. The minimum Gasteiger partial charge on any atom is -0.296 e. The largest absolute Gasteiger partial charge is 0.296 e. The summed E-state index contributed by atoms with van der Waals surface area (Å²) in [6, 6.07) is 8.27. The van der Waals surface area contributed by atoms with Crippen LogP contribution in [0.25, 0.3) is 0 Å². The molecule has 0 N–H and O–H groups in total. The van der Waals surface area contributed by atoms with Gasteiger partial charge in [0.2, 0.25) is 5.91 Å². The van der Waals surface area contributed by atoms with E-state index in [9.17, 15) is 4.79 Å². The number of amides is 1. The Morgan fingerprint density at radius 1 is 1.31 bits per heavy atom. The average molecular weight is 233 g/mol. The van der Waals surface area contributed by atoms with Gasteiger partial charge in [-0.1, -0.05) is 36.7 Å². The number of hydrogen-bond donors (Lipinski definition) is 0. The summed E-state index contributed by atoms with van der Waals surface area (Å²) < 4.78 is 0. The van der Waals surface area contributed by atoms with Crippen molar-refractivity contribution in [2.75, 3.05) is 4.90 Å². The number of carbonyl (C=O) groups is 1. The third-order valence-electron chi connectivity index (χ3n) is 3.51. The molecule has 1 fully saturated rings. The van der Waals surface area contributed by atoms with Crippen molar-refractivity contribution in [3.63, 3.8) is 0 Å². The van der Waals surface area contributed by atoms with Crippen LogP contribution in [0.4, 0.5) is 5.69 Å². The maximum absolute atomic E-state index is 11.9. The third kappa shape index (κ3) is 1.31. The Bertz CT molecular complexity index is 437. The number of anilines is 1. The van der Waals surface area contributed by atoms with Crippen molar-refractivity contribution >= 4 is 23.4 Å². The molecule has 2 nitrogen and oxygen atoms in total. The number of para-hydroxylation sites is 1. The molecule has 84 valence electrons. The molecule has 1 aliphatic heterocycles. The van der Waals surface area contributed by atoms with Crippen molar-refractivity contribution in [2.24, 2.45) is 0 Å². The molecule has 3 heteroatoms. The quantitative estimate of drug-likeness (QED) is 0.684. The third-order valence-corrected chi connectivity index (χ3v) is 5.05. The van der Waals surface area contributed by atoms with Crippen LogP contribution in [0.3, 0.4) is 0 Å². The lowest BCUT2D eigenvalue weighted by Gasteiger charge is -2.33. The van der Waals surface area contributed by atoms with Gasteiger partial charge in [0.15, 0.2) is 0 Å². The van der Waals surface area contributed by atoms with Gasteiger partial charge in [-0.2, -0.15) is 0 Å². The van der Waals surface area contributed by atoms with E-state index in [-0.39, 0.29) is 10.8 Å². The van der Waals surface area contributed by atoms with Gasteiger partial charge >= 0.3 is 0 Å². The summed E-state index contributed by atoms with van der Waals surface area (Å²) in [6.45, 7) is 1.68. The highest BCUT2D eigenvalue weighted by Gasteiger charge is 2.48. The SMILES string of the molecule is CC(=O)N1c2ccccc2SC12CCCC2. The summed E-state index contributed by atoms with van der Waals surface area (Å²) in [5.74, 6) is 0.180. The Kier molecular flexibility index (Phi) is 2.25. The highest BCUT2D eigenvalue weighted by atomic mass is 32.2. The topological polar surface area (TPSA) is 20.3 Å². The number of hydrogen-bond acceptors (Lipinski definition) is 2. The molecule has 0 bridgehead atoms. The lowest BCUT2D eigenvalue weighted by atomic mass is 10.1. The lowest BCUT2D eigenvalue weighted by molar-refractivity contribution is -0.117. The van der Waals surface area contributed by atoms with Crippen molar-refractivity contribution in [3.8, 4) is 0 Å². The van der Waals surface area contributed by atoms with Crippen LogP contribution >= 0.6 is 11.8 Å². The van der Waals surface area contributed by atoms with E-state index in [0.29, 0.717) is 0 Å². The van der Waals surface area contributed by atoms with Crippen molar-refractivity contribution in [1.82, 2.24) is 0 Å². The summed E-state index contributed by atoms with van der Waals surface area (Å²) in [4.78, 5) is 15.2. The van der Waals surface area contributed by atoms with Crippen molar-refractivity contribution in [3.05, 3.63) is 24.3 Å². The van der Waals surface area contributed by atoms with Crippen LogP contribution in [0.5, 0.6) is 0 Å². The Morgan fingerprint density at radius 3 is 2.69 bits per heavy atom. The molecular formula is C13H15NOS. The molecule has 0 aromatic heterocycles. The molecule has 1 heterocycles. The number of carbonyl (C=O) groups excluding carboxylic acids is 1. The number of thioether (sulfide) groups is 1. The molecule has 0 radical (unpaired) electrons. The van der Waals surface area contributed by atoms with Crippen molar-refractivity contribution in [2.45, 2.75) is 42.4 Å². The van der Waals surface area contributed by atoms with Crippen LogP contribution in [0.2, 0.25) is 0 Å². The molecule has 2 aliphatic rings. The lowest BCUT2D eigenvalue weighted by Crippen LogP contribution is -2.44. The smallest absolute Gasteiger partial charge is 0.225 e. The van der Waals surface area contributed by atoms with E-state index in [2.05, 4.69) is 18.2 Å². The molecule has 1 saturated carbocycles. The van der Waals surface area contributed by atoms with Crippen LogP contribution in [0, 0.1) is 0 Å². The Morgan fingerprint density at radius 2 is 2.00 bits per heavy atom. The zero-order valence-electron chi connectivity index (χ0n) is 9.40. The zero-order chi connectivity index (χ0) is 11.2. The van der Waals surface area contributed by atoms with E-state index in [4.69, 9.17) is 0 Å². The van der Waals surface area contributed by atoms with Gasteiger partial charge in [0.1, 0.15) is 0 Å². The summed E-state index contributed by atoms with van der Waals surface area (Å²) in [5, 5.41) is 0. The van der Waals surface area contributed by atoms with Crippen LogP contribution in [0.15, 0.2) is 29.2 Å². The fraction of sp³-hybridized carbons (Fsp3) is 0.462. The molecule has 3 rings (SSSR count). The predicted octanol–water partition coefficient (Wildman–Crippen LogP) is 3.42. The standard InChI is InChI=1S/C13H15NOS/c1-10(15)14-11-6-2-3-7-12(11)16-13(14)8-4-5-9-13/h2-3,6-7H,4-5,8-9H2,1H3. The van der Waals surface area contributed by atoms with E-state index in [1.807, 2.05) is 22.7 Å². The Hall–Kier alpha value is -0.960. The van der Waals surface area contributed by atoms with Crippen LogP contribution < -0.4 is 4.90 Å². The fourth-order valence-electron chi connectivity index (χ4n) is 2.91. The maximum atomic E-state index is 11.9. The molecule has 1 aromatic rings. The van der Waals surface area contributed by atoms with Crippen LogP contribution in [-0.2, 0) is 4.79 Å². The van der Waals surface area contributed by atoms with Gasteiger partial charge in [-0.3, -0.25) is 9.69 Å². The van der Waals surface area contributed by atoms with E-state index in [1.54, 1.807) is 6.92 Å². The van der Waals surface area contributed by atoms with Crippen molar-refractivity contribution in [1.29, 1.82) is 0 Å².